The van der Waals surface area contributed by atoms with Gasteiger partial charge in [0.25, 0.3) is 11.8 Å². The number of hydrogen-bond donors (Lipinski definition) is 3. The Morgan fingerprint density at radius 3 is 2.24 bits per heavy atom. The lowest BCUT2D eigenvalue weighted by Gasteiger charge is -2.26. The molecule has 6 heteroatoms. The van der Waals surface area contributed by atoms with E-state index in [9.17, 15) is 9.59 Å². The van der Waals surface area contributed by atoms with Crippen LogP contribution in [0.4, 0.5) is 11.4 Å². The minimum Gasteiger partial charge on any atom is -0.354 e. The quantitative estimate of drug-likeness (QED) is 0.203. The largest absolute Gasteiger partial charge is 0.354 e. The molecule has 0 bridgehead atoms. The van der Waals surface area contributed by atoms with Crippen LogP contribution in [-0.4, -0.2) is 29.8 Å². The average Bonchev–Trinajstić information content (AvgIpc) is 3.36. The summed E-state index contributed by atoms with van der Waals surface area (Å²) in [4.78, 5) is 29.2. The first-order chi connectivity index (χ1) is 20.5. The molecular weight excluding hydrogens is 520 g/mol. The molecule has 6 rings (SSSR count). The molecule has 0 aliphatic carbocycles. The topological polar surface area (TPSA) is 73.5 Å². The molecule has 2 amide bonds. The van der Waals surface area contributed by atoms with E-state index in [0.717, 1.165) is 36.4 Å². The van der Waals surface area contributed by atoms with E-state index >= 15 is 0 Å². The van der Waals surface area contributed by atoms with Crippen molar-refractivity contribution in [1.29, 1.82) is 0 Å². The molecule has 2 aliphatic rings. The maximum absolute atomic E-state index is 13.4. The van der Waals surface area contributed by atoms with Crippen molar-refractivity contribution in [2.75, 3.05) is 23.7 Å². The number of amides is 2. The summed E-state index contributed by atoms with van der Waals surface area (Å²) in [5, 5.41) is 9.63. The number of nitrogens with zero attached hydrogens (tertiary/aromatic N) is 1. The molecule has 1 fully saturated rings. The number of piperidine rings is 1. The van der Waals surface area contributed by atoms with Gasteiger partial charge in [-0.25, -0.2) is 0 Å². The van der Waals surface area contributed by atoms with Crippen LogP contribution in [0.25, 0.3) is 11.3 Å². The van der Waals surface area contributed by atoms with Gasteiger partial charge < -0.3 is 16.0 Å². The SMILES string of the molecule is C[C@@H](NC(=O)c1ccc2c(c1)C(=C(Nc1ccc(CN3CCCCC3)cc1)c1ccccc1)C(=O)N2)c1ccccc1. The molecule has 1 saturated heterocycles. The zero-order chi connectivity index (χ0) is 28.9. The molecule has 1 atom stereocenters. The van der Waals surface area contributed by atoms with Gasteiger partial charge in [-0.2, -0.15) is 0 Å². The highest BCUT2D eigenvalue weighted by molar-refractivity contribution is 6.37. The monoisotopic (exact) mass is 556 g/mol. The van der Waals surface area contributed by atoms with Crippen LogP contribution in [0.2, 0.25) is 0 Å². The number of nitrogens with one attached hydrogen (secondary N) is 3. The van der Waals surface area contributed by atoms with Gasteiger partial charge in [0, 0.05) is 29.0 Å². The maximum atomic E-state index is 13.4. The van der Waals surface area contributed by atoms with Crippen molar-refractivity contribution in [1.82, 2.24) is 10.2 Å². The van der Waals surface area contributed by atoms with Crippen LogP contribution < -0.4 is 16.0 Å². The Bertz CT molecular complexity index is 1590. The van der Waals surface area contributed by atoms with E-state index in [-0.39, 0.29) is 17.9 Å². The number of likely N-dealkylation sites (tertiary alicyclic amines) is 1. The number of rotatable bonds is 8. The fourth-order valence-corrected chi connectivity index (χ4v) is 5.76. The second kappa shape index (κ2) is 12.5. The van der Waals surface area contributed by atoms with Gasteiger partial charge in [0.2, 0.25) is 0 Å². The number of carbonyl (C=O) groups excluding carboxylic acids is 2. The van der Waals surface area contributed by atoms with Gasteiger partial charge >= 0.3 is 0 Å². The molecule has 0 saturated carbocycles. The Morgan fingerprint density at radius 2 is 1.52 bits per heavy atom. The summed E-state index contributed by atoms with van der Waals surface area (Å²) in [5.74, 6) is -0.389. The Labute approximate surface area is 247 Å². The van der Waals surface area contributed by atoms with E-state index in [4.69, 9.17) is 0 Å². The summed E-state index contributed by atoms with van der Waals surface area (Å²) in [6.45, 7) is 5.23. The second-order valence-corrected chi connectivity index (χ2v) is 11.1. The third-order valence-corrected chi connectivity index (χ3v) is 8.06. The highest BCUT2D eigenvalue weighted by Crippen LogP contribution is 2.38. The van der Waals surface area contributed by atoms with Crippen molar-refractivity contribution in [2.24, 2.45) is 0 Å². The molecule has 0 radical (unpaired) electrons. The van der Waals surface area contributed by atoms with Gasteiger partial charge in [-0.15, -0.1) is 0 Å². The highest BCUT2D eigenvalue weighted by Gasteiger charge is 2.29. The minimum atomic E-state index is -0.201. The number of carbonyl (C=O) groups is 2. The van der Waals surface area contributed by atoms with Crippen molar-refractivity contribution >= 4 is 34.5 Å². The van der Waals surface area contributed by atoms with Crippen molar-refractivity contribution in [3.63, 3.8) is 0 Å². The molecule has 0 unspecified atom stereocenters. The zero-order valence-electron chi connectivity index (χ0n) is 23.9. The summed E-state index contributed by atoms with van der Waals surface area (Å²) >= 11 is 0. The molecule has 3 N–H and O–H groups in total. The molecule has 42 heavy (non-hydrogen) atoms. The lowest BCUT2D eigenvalue weighted by Crippen LogP contribution is -2.29. The van der Waals surface area contributed by atoms with Gasteiger partial charge in [0.1, 0.15) is 0 Å². The summed E-state index contributed by atoms with van der Waals surface area (Å²) in [6, 6.07) is 33.4. The summed E-state index contributed by atoms with van der Waals surface area (Å²) in [5.41, 5.74) is 7.20. The van der Waals surface area contributed by atoms with Gasteiger partial charge in [0.15, 0.2) is 0 Å². The van der Waals surface area contributed by atoms with Crippen LogP contribution in [-0.2, 0) is 11.3 Å². The molecule has 0 spiro atoms. The maximum Gasteiger partial charge on any atom is 0.258 e. The standard InChI is InChI=1S/C36H36N4O2/c1-25(27-11-5-2-6-12-27)37-35(41)29-17-20-32-31(23-29)33(36(42)39-32)34(28-13-7-3-8-14-28)38-30-18-15-26(16-19-30)24-40-21-9-4-10-22-40/h2-3,5-8,11-20,23,25,38H,4,9-10,21-22,24H2,1H3,(H,37,41)(H,39,42)/t25-/m1/s1. The zero-order valence-corrected chi connectivity index (χ0v) is 23.9. The Hall–Kier alpha value is -4.68. The lowest BCUT2D eigenvalue weighted by molar-refractivity contribution is -0.110. The Morgan fingerprint density at radius 1 is 0.833 bits per heavy atom. The smallest absolute Gasteiger partial charge is 0.258 e. The first-order valence-corrected chi connectivity index (χ1v) is 14.7. The fraction of sp³-hybridized carbons (Fsp3) is 0.222. The third kappa shape index (κ3) is 6.14. The van der Waals surface area contributed by atoms with E-state index in [2.05, 4.69) is 45.1 Å². The third-order valence-electron chi connectivity index (χ3n) is 8.06. The molecule has 0 aromatic heterocycles. The second-order valence-electron chi connectivity index (χ2n) is 11.1. The molecule has 6 nitrogen and oxygen atoms in total. The van der Waals surface area contributed by atoms with Crippen LogP contribution in [0.15, 0.2) is 103 Å². The average molecular weight is 557 g/mol. The molecule has 2 heterocycles. The lowest BCUT2D eigenvalue weighted by atomic mass is 9.98. The van der Waals surface area contributed by atoms with E-state index in [0.29, 0.717) is 28.1 Å². The number of fused-ring (bicyclic) bond motifs is 1. The first kappa shape index (κ1) is 27.5. The van der Waals surface area contributed by atoms with Crippen LogP contribution in [0.3, 0.4) is 0 Å². The van der Waals surface area contributed by atoms with E-state index < -0.39 is 0 Å². The number of benzene rings is 4. The van der Waals surface area contributed by atoms with Crippen LogP contribution >= 0.6 is 0 Å². The van der Waals surface area contributed by atoms with Crippen LogP contribution in [0.5, 0.6) is 0 Å². The van der Waals surface area contributed by atoms with E-state index in [1.165, 1.54) is 24.8 Å². The molecule has 4 aromatic rings. The predicted octanol–water partition coefficient (Wildman–Crippen LogP) is 7.10. The summed E-state index contributed by atoms with van der Waals surface area (Å²) in [7, 11) is 0. The predicted molar refractivity (Wildman–Crippen MR) is 170 cm³/mol. The summed E-state index contributed by atoms with van der Waals surface area (Å²) in [6.07, 6.45) is 3.87. The van der Waals surface area contributed by atoms with E-state index in [1.807, 2.05) is 73.7 Å². The normalized spacial score (nSPS) is 16.7. The van der Waals surface area contributed by atoms with Crippen molar-refractivity contribution in [3.05, 3.63) is 131 Å². The minimum absolute atomic E-state index is 0.152. The van der Waals surface area contributed by atoms with Gasteiger partial charge in [0.05, 0.1) is 17.3 Å². The van der Waals surface area contributed by atoms with E-state index in [1.54, 1.807) is 12.1 Å². The van der Waals surface area contributed by atoms with Gasteiger partial charge in [-0.05, 0) is 79.9 Å². The number of anilines is 2. The molecule has 212 valence electrons. The fourth-order valence-electron chi connectivity index (χ4n) is 5.76. The summed E-state index contributed by atoms with van der Waals surface area (Å²) < 4.78 is 0. The van der Waals surface area contributed by atoms with Crippen LogP contribution in [0.1, 0.15) is 64.8 Å². The van der Waals surface area contributed by atoms with Crippen molar-refractivity contribution < 1.29 is 9.59 Å². The van der Waals surface area contributed by atoms with Gasteiger partial charge in [-0.1, -0.05) is 79.2 Å². The molecular formula is C36H36N4O2. The Balaban J connectivity index is 1.30. The van der Waals surface area contributed by atoms with Gasteiger partial charge in [-0.3, -0.25) is 14.5 Å². The Kier molecular flexibility index (Phi) is 8.15. The van der Waals surface area contributed by atoms with Crippen molar-refractivity contribution in [2.45, 2.75) is 38.8 Å². The number of hydrogen-bond acceptors (Lipinski definition) is 4. The highest BCUT2D eigenvalue weighted by atomic mass is 16.2. The van der Waals surface area contributed by atoms with Crippen molar-refractivity contribution in [3.8, 4) is 0 Å². The molecule has 2 aliphatic heterocycles. The first-order valence-electron chi connectivity index (χ1n) is 14.7. The molecule has 4 aromatic carbocycles. The van der Waals surface area contributed by atoms with Crippen LogP contribution in [0, 0.1) is 0 Å².